The third kappa shape index (κ3) is 5.57. The molecule has 1 N–H and O–H groups in total. The van der Waals surface area contributed by atoms with Gasteiger partial charge < -0.3 is 9.87 Å². The molecule has 0 aromatic rings. The average Bonchev–Trinajstić information content (AvgIpc) is 2.13. The van der Waals surface area contributed by atoms with Crippen molar-refractivity contribution in [3.63, 3.8) is 0 Å². The van der Waals surface area contributed by atoms with Gasteiger partial charge in [0.25, 0.3) is 0 Å². The van der Waals surface area contributed by atoms with E-state index in [0.29, 0.717) is 19.0 Å². The van der Waals surface area contributed by atoms with E-state index in [4.69, 9.17) is 0 Å². The first-order chi connectivity index (χ1) is 6.58. The Balaban J connectivity index is 2.03. The normalized spacial score (nSPS) is 19.8. The molecule has 5 heteroatoms. The van der Waals surface area contributed by atoms with Crippen molar-refractivity contribution in [1.29, 1.82) is 0 Å². The Kier molecular flexibility index (Phi) is 4.84. The molecule has 0 amide bonds. The second kappa shape index (κ2) is 5.68. The molecular formula is C9H18NO3S-. The van der Waals surface area contributed by atoms with Gasteiger partial charge in [-0.05, 0) is 25.8 Å². The van der Waals surface area contributed by atoms with Gasteiger partial charge in [-0.25, -0.2) is 8.42 Å². The lowest BCUT2D eigenvalue weighted by molar-refractivity contribution is 0.373. The van der Waals surface area contributed by atoms with E-state index >= 15 is 0 Å². The van der Waals surface area contributed by atoms with Crippen molar-refractivity contribution < 1.29 is 13.0 Å². The van der Waals surface area contributed by atoms with Crippen molar-refractivity contribution >= 4 is 10.1 Å². The summed E-state index contributed by atoms with van der Waals surface area (Å²) in [7, 11) is -4.02. The summed E-state index contributed by atoms with van der Waals surface area (Å²) < 4.78 is 30.9. The van der Waals surface area contributed by atoms with Gasteiger partial charge in [0.1, 0.15) is 0 Å². The van der Waals surface area contributed by atoms with Crippen molar-refractivity contribution in [1.82, 2.24) is 5.32 Å². The monoisotopic (exact) mass is 220 g/mol. The second-order valence-corrected chi connectivity index (χ2v) is 5.43. The van der Waals surface area contributed by atoms with Crippen LogP contribution in [0.3, 0.4) is 0 Å². The van der Waals surface area contributed by atoms with Gasteiger partial charge in [0.15, 0.2) is 0 Å². The van der Waals surface area contributed by atoms with Gasteiger partial charge >= 0.3 is 0 Å². The van der Waals surface area contributed by atoms with Crippen LogP contribution in [0.25, 0.3) is 0 Å². The summed E-state index contributed by atoms with van der Waals surface area (Å²) in [5.74, 6) is -0.243. The van der Waals surface area contributed by atoms with Crippen LogP contribution in [-0.4, -0.2) is 31.3 Å². The highest BCUT2D eigenvalue weighted by Gasteiger charge is 2.11. The van der Waals surface area contributed by atoms with Crippen LogP contribution in [0.2, 0.25) is 0 Å². The molecular weight excluding hydrogens is 202 g/mol. The van der Waals surface area contributed by atoms with E-state index in [-0.39, 0.29) is 5.75 Å². The highest BCUT2D eigenvalue weighted by molar-refractivity contribution is 7.85. The highest BCUT2D eigenvalue weighted by Crippen LogP contribution is 2.17. The van der Waals surface area contributed by atoms with E-state index in [1.165, 1.54) is 32.1 Å². The molecule has 1 saturated carbocycles. The number of hydrogen-bond donors (Lipinski definition) is 1. The van der Waals surface area contributed by atoms with Crippen LogP contribution in [0.5, 0.6) is 0 Å². The van der Waals surface area contributed by atoms with E-state index in [9.17, 15) is 13.0 Å². The molecule has 4 nitrogen and oxygen atoms in total. The molecule has 1 aliphatic rings. The lowest BCUT2D eigenvalue weighted by Gasteiger charge is -2.22. The minimum absolute atomic E-state index is 0.243. The van der Waals surface area contributed by atoms with Crippen LogP contribution in [0, 0.1) is 0 Å². The van der Waals surface area contributed by atoms with Crippen LogP contribution in [0.15, 0.2) is 0 Å². The van der Waals surface area contributed by atoms with Gasteiger partial charge in [0, 0.05) is 11.8 Å². The van der Waals surface area contributed by atoms with Crippen LogP contribution >= 0.6 is 0 Å². The molecule has 1 aliphatic carbocycles. The number of nitrogens with one attached hydrogen (secondary N) is 1. The van der Waals surface area contributed by atoms with E-state index in [1.54, 1.807) is 0 Å². The Morgan fingerprint density at radius 2 is 1.86 bits per heavy atom. The zero-order chi connectivity index (χ0) is 10.4. The maximum absolute atomic E-state index is 10.3. The van der Waals surface area contributed by atoms with Crippen LogP contribution in [-0.2, 0) is 10.1 Å². The second-order valence-electron chi connectivity index (χ2n) is 3.90. The molecule has 0 radical (unpaired) electrons. The summed E-state index contributed by atoms with van der Waals surface area (Å²) in [5, 5.41) is 3.29. The van der Waals surface area contributed by atoms with Crippen LogP contribution in [0.1, 0.15) is 38.5 Å². The fourth-order valence-electron chi connectivity index (χ4n) is 1.86. The molecule has 0 aromatic heterocycles. The van der Waals surface area contributed by atoms with Gasteiger partial charge in [-0.2, -0.15) is 0 Å². The van der Waals surface area contributed by atoms with E-state index in [0.717, 1.165) is 0 Å². The van der Waals surface area contributed by atoms with Crippen molar-refractivity contribution in [3.8, 4) is 0 Å². The van der Waals surface area contributed by atoms with Crippen molar-refractivity contribution in [2.45, 2.75) is 44.6 Å². The summed E-state index contributed by atoms with van der Waals surface area (Å²) in [6, 6.07) is 0.540. The third-order valence-corrected chi connectivity index (χ3v) is 3.40. The molecule has 0 aromatic carbocycles. The van der Waals surface area contributed by atoms with Gasteiger partial charge in [-0.1, -0.05) is 19.3 Å². The molecule has 0 spiro atoms. The van der Waals surface area contributed by atoms with Crippen molar-refractivity contribution in [3.05, 3.63) is 0 Å². The van der Waals surface area contributed by atoms with Crippen molar-refractivity contribution in [2.75, 3.05) is 12.3 Å². The summed E-state index contributed by atoms with van der Waals surface area (Å²) in [6.07, 6.45) is 6.64. The maximum atomic E-state index is 10.3. The average molecular weight is 220 g/mol. The van der Waals surface area contributed by atoms with E-state index in [2.05, 4.69) is 5.32 Å². The van der Waals surface area contributed by atoms with Gasteiger partial charge in [-0.15, -0.1) is 0 Å². The first-order valence-corrected chi connectivity index (χ1v) is 6.82. The molecule has 0 aliphatic heterocycles. The first-order valence-electron chi connectivity index (χ1n) is 5.25. The van der Waals surface area contributed by atoms with Crippen molar-refractivity contribution in [2.24, 2.45) is 0 Å². The zero-order valence-corrected chi connectivity index (χ0v) is 9.18. The fourth-order valence-corrected chi connectivity index (χ4v) is 2.36. The summed E-state index contributed by atoms with van der Waals surface area (Å²) >= 11 is 0. The zero-order valence-electron chi connectivity index (χ0n) is 8.37. The fraction of sp³-hybridized carbons (Fsp3) is 1.00. The lowest BCUT2D eigenvalue weighted by Crippen LogP contribution is -2.32. The molecule has 0 saturated heterocycles. The van der Waals surface area contributed by atoms with Crippen LogP contribution < -0.4 is 5.32 Å². The molecule has 0 atom stereocenters. The molecule has 14 heavy (non-hydrogen) atoms. The summed E-state index contributed by atoms with van der Waals surface area (Å²) in [5.41, 5.74) is 0. The largest absolute Gasteiger partial charge is 0.748 e. The Morgan fingerprint density at radius 3 is 2.43 bits per heavy atom. The molecule has 1 fully saturated rings. The molecule has 1 rings (SSSR count). The highest BCUT2D eigenvalue weighted by atomic mass is 32.2. The van der Waals surface area contributed by atoms with Gasteiger partial charge in [0.2, 0.25) is 0 Å². The predicted molar refractivity (Wildman–Crippen MR) is 54.1 cm³/mol. The maximum Gasteiger partial charge on any atom is 0.0946 e. The Hall–Kier alpha value is -0.130. The summed E-state index contributed by atoms with van der Waals surface area (Å²) in [6.45, 7) is 0.645. The lowest BCUT2D eigenvalue weighted by atomic mass is 9.95. The van der Waals surface area contributed by atoms with Gasteiger partial charge in [-0.3, -0.25) is 0 Å². The smallest absolute Gasteiger partial charge is 0.0946 e. The minimum atomic E-state index is -4.02. The summed E-state index contributed by atoms with van der Waals surface area (Å²) in [4.78, 5) is 0. The molecule has 0 heterocycles. The quantitative estimate of drug-likeness (QED) is 0.550. The number of rotatable bonds is 5. The number of hydrogen-bond acceptors (Lipinski definition) is 4. The predicted octanol–water partition coefficient (Wildman–Crippen LogP) is 0.844. The SMILES string of the molecule is O=S(=O)([O-])CCCNC1CCCCC1. The third-order valence-electron chi connectivity index (χ3n) is 2.61. The van der Waals surface area contributed by atoms with E-state index < -0.39 is 10.1 Å². The van der Waals surface area contributed by atoms with E-state index in [1.807, 2.05) is 0 Å². The first kappa shape index (κ1) is 11.9. The standard InChI is InChI=1S/C9H19NO3S/c11-14(12,13)8-4-7-10-9-5-2-1-3-6-9/h9-10H,1-8H2,(H,11,12,13)/p-1. The topological polar surface area (TPSA) is 69.2 Å². The Labute approximate surface area is 85.8 Å². The minimum Gasteiger partial charge on any atom is -0.748 e. The molecule has 0 bridgehead atoms. The van der Waals surface area contributed by atoms with Crippen LogP contribution in [0.4, 0.5) is 0 Å². The molecule has 84 valence electrons. The Bertz CT molecular complexity index is 245. The van der Waals surface area contributed by atoms with Gasteiger partial charge in [0.05, 0.1) is 10.1 Å². The Morgan fingerprint density at radius 1 is 1.21 bits per heavy atom. The molecule has 0 unspecified atom stereocenters.